The van der Waals surface area contributed by atoms with E-state index in [0.717, 1.165) is 45.7 Å². The maximum atomic E-state index is 11.3. The first-order valence-electron chi connectivity index (χ1n) is 7.36. The van der Waals surface area contributed by atoms with E-state index in [0.29, 0.717) is 13.2 Å². The Labute approximate surface area is 116 Å². The van der Waals surface area contributed by atoms with Crippen LogP contribution in [0.5, 0.6) is 0 Å². The van der Waals surface area contributed by atoms with Gasteiger partial charge in [-0.3, -0.25) is 4.90 Å². The second-order valence-corrected chi connectivity index (χ2v) is 4.79. The summed E-state index contributed by atoms with van der Waals surface area (Å²) in [5.41, 5.74) is 0. The van der Waals surface area contributed by atoms with Crippen LogP contribution in [0.15, 0.2) is 0 Å². The highest BCUT2D eigenvalue weighted by molar-refractivity contribution is 5.70. The molecule has 0 radical (unpaired) electrons. The average Bonchev–Trinajstić information content (AvgIpc) is 2.44. The summed E-state index contributed by atoms with van der Waals surface area (Å²) in [5, 5.41) is 0. The Bertz CT molecular complexity index is 229. The normalized spacial score (nSPS) is 16.5. The van der Waals surface area contributed by atoms with E-state index >= 15 is 0 Å². The van der Waals surface area contributed by atoms with Crippen molar-refractivity contribution in [3.8, 4) is 0 Å². The Kier molecular flexibility index (Phi) is 9.67. The van der Waals surface area contributed by atoms with Gasteiger partial charge in [0.15, 0.2) is 0 Å². The van der Waals surface area contributed by atoms with Crippen molar-refractivity contribution in [2.45, 2.75) is 32.6 Å². The van der Waals surface area contributed by atoms with Crippen LogP contribution in [0.3, 0.4) is 0 Å². The number of carbonyl (C=O) groups is 1. The highest BCUT2D eigenvalue weighted by Crippen LogP contribution is 1.99. The number of morpholine rings is 1. The van der Waals surface area contributed by atoms with Gasteiger partial charge in [-0.1, -0.05) is 26.2 Å². The Balaban J connectivity index is 1.86. The molecular formula is C14H27NO4. The second kappa shape index (κ2) is 11.2. The lowest BCUT2D eigenvalue weighted by molar-refractivity contribution is -0.149. The standard InChI is InChI=1S/C14H27NO4/c1-2-3-4-5-9-19-14(16)13-18-12-8-15-6-10-17-11-7-15/h2-13H2,1H3. The Morgan fingerprint density at radius 2 is 1.95 bits per heavy atom. The molecule has 5 heteroatoms. The topological polar surface area (TPSA) is 48.0 Å². The number of rotatable bonds is 10. The Morgan fingerprint density at radius 3 is 2.68 bits per heavy atom. The lowest BCUT2D eigenvalue weighted by Gasteiger charge is -2.26. The first-order chi connectivity index (χ1) is 9.33. The third-order valence-electron chi connectivity index (χ3n) is 3.14. The predicted octanol–water partition coefficient (Wildman–Crippen LogP) is 1.46. The fourth-order valence-electron chi connectivity index (χ4n) is 1.93. The number of hydrogen-bond acceptors (Lipinski definition) is 5. The van der Waals surface area contributed by atoms with E-state index in [2.05, 4.69) is 11.8 Å². The van der Waals surface area contributed by atoms with Gasteiger partial charge >= 0.3 is 5.97 Å². The molecule has 0 spiro atoms. The fourth-order valence-corrected chi connectivity index (χ4v) is 1.93. The summed E-state index contributed by atoms with van der Waals surface area (Å²) in [6.45, 7) is 7.66. The summed E-state index contributed by atoms with van der Waals surface area (Å²) in [6, 6.07) is 0. The zero-order chi connectivity index (χ0) is 13.8. The van der Waals surface area contributed by atoms with Gasteiger partial charge in [-0.25, -0.2) is 4.79 Å². The summed E-state index contributed by atoms with van der Waals surface area (Å²) in [4.78, 5) is 13.6. The first-order valence-corrected chi connectivity index (χ1v) is 7.36. The lowest BCUT2D eigenvalue weighted by Crippen LogP contribution is -2.38. The molecule has 0 aromatic carbocycles. The Hall–Kier alpha value is -0.650. The average molecular weight is 273 g/mol. The van der Waals surface area contributed by atoms with Gasteiger partial charge in [0.2, 0.25) is 0 Å². The van der Waals surface area contributed by atoms with E-state index in [9.17, 15) is 4.79 Å². The van der Waals surface area contributed by atoms with Crippen LogP contribution in [0, 0.1) is 0 Å². The number of unbranched alkanes of at least 4 members (excludes halogenated alkanes) is 3. The van der Waals surface area contributed by atoms with Gasteiger partial charge in [0.1, 0.15) is 6.61 Å². The molecule has 0 aromatic heterocycles. The minimum Gasteiger partial charge on any atom is -0.464 e. The fraction of sp³-hybridized carbons (Fsp3) is 0.929. The molecular weight excluding hydrogens is 246 g/mol. The maximum absolute atomic E-state index is 11.3. The minimum absolute atomic E-state index is 0.0676. The van der Waals surface area contributed by atoms with E-state index in [4.69, 9.17) is 14.2 Å². The molecule has 0 saturated carbocycles. The van der Waals surface area contributed by atoms with Crippen molar-refractivity contribution in [2.75, 3.05) is 52.7 Å². The molecule has 0 aromatic rings. The largest absolute Gasteiger partial charge is 0.464 e. The molecule has 1 rings (SSSR count). The molecule has 1 heterocycles. The van der Waals surface area contributed by atoms with E-state index in [1.165, 1.54) is 12.8 Å². The van der Waals surface area contributed by atoms with E-state index in [1.807, 2.05) is 0 Å². The van der Waals surface area contributed by atoms with Crippen molar-refractivity contribution in [3.05, 3.63) is 0 Å². The molecule has 1 fully saturated rings. The predicted molar refractivity (Wildman–Crippen MR) is 73.2 cm³/mol. The highest BCUT2D eigenvalue weighted by Gasteiger charge is 2.10. The van der Waals surface area contributed by atoms with Gasteiger partial charge in [0.25, 0.3) is 0 Å². The van der Waals surface area contributed by atoms with Crippen molar-refractivity contribution >= 4 is 5.97 Å². The van der Waals surface area contributed by atoms with Crippen LogP contribution in [0.25, 0.3) is 0 Å². The number of nitrogens with zero attached hydrogens (tertiary/aromatic N) is 1. The highest BCUT2D eigenvalue weighted by atomic mass is 16.6. The zero-order valence-electron chi connectivity index (χ0n) is 12.1. The minimum atomic E-state index is -0.251. The van der Waals surface area contributed by atoms with Crippen LogP contribution in [0.4, 0.5) is 0 Å². The molecule has 112 valence electrons. The van der Waals surface area contributed by atoms with Gasteiger partial charge in [-0.15, -0.1) is 0 Å². The summed E-state index contributed by atoms with van der Waals surface area (Å²) in [7, 11) is 0. The molecule has 0 atom stereocenters. The van der Waals surface area contributed by atoms with Gasteiger partial charge in [-0.2, -0.15) is 0 Å². The molecule has 1 saturated heterocycles. The molecule has 0 aliphatic carbocycles. The number of hydrogen-bond donors (Lipinski definition) is 0. The lowest BCUT2D eigenvalue weighted by atomic mass is 10.2. The molecule has 0 N–H and O–H groups in total. The van der Waals surface area contributed by atoms with E-state index in [-0.39, 0.29) is 12.6 Å². The van der Waals surface area contributed by atoms with Crippen LogP contribution in [0.1, 0.15) is 32.6 Å². The van der Waals surface area contributed by atoms with Crippen molar-refractivity contribution < 1.29 is 19.0 Å². The van der Waals surface area contributed by atoms with Gasteiger partial charge in [0, 0.05) is 19.6 Å². The van der Waals surface area contributed by atoms with Crippen molar-refractivity contribution in [1.82, 2.24) is 4.90 Å². The monoisotopic (exact) mass is 273 g/mol. The smallest absolute Gasteiger partial charge is 0.332 e. The molecule has 1 aliphatic rings. The number of ether oxygens (including phenoxy) is 3. The van der Waals surface area contributed by atoms with Gasteiger partial charge in [0.05, 0.1) is 26.4 Å². The third-order valence-corrected chi connectivity index (χ3v) is 3.14. The van der Waals surface area contributed by atoms with Crippen LogP contribution in [0.2, 0.25) is 0 Å². The van der Waals surface area contributed by atoms with Crippen LogP contribution in [-0.4, -0.2) is 63.5 Å². The second-order valence-electron chi connectivity index (χ2n) is 4.79. The molecule has 1 aliphatic heterocycles. The molecule has 19 heavy (non-hydrogen) atoms. The summed E-state index contributed by atoms with van der Waals surface area (Å²) >= 11 is 0. The maximum Gasteiger partial charge on any atom is 0.332 e. The Morgan fingerprint density at radius 1 is 1.16 bits per heavy atom. The summed E-state index contributed by atoms with van der Waals surface area (Å²) in [6.07, 6.45) is 4.47. The van der Waals surface area contributed by atoms with Gasteiger partial charge < -0.3 is 14.2 Å². The number of carbonyl (C=O) groups excluding carboxylic acids is 1. The van der Waals surface area contributed by atoms with Gasteiger partial charge in [-0.05, 0) is 6.42 Å². The molecule has 0 amide bonds. The molecule has 0 bridgehead atoms. The quantitative estimate of drug-likeness (QED) is 0.445. The third kappa shape index (κ3) is 8.97. The van der Waals surface area contributed by atoms with Crippen LogP contribution < -0.4 is 0 Å². The number of esters is 1. The van der Waals surface area contributed by atoms with E-state index in [1.54, 1.807) is 0 Å². The van der Waals surface area contributed by atoms with Crippen molar-refractivity contribution in [1.29, 1.82) is 0 Å². The SMILES string of the molecule is CCCCCCOC(=O)COCCN1CCOCC1. The molecule has 0 unspecified atom stereocenters. The van der Waals surface area contributed by atoms with Crippen molar-refractivity contribution in [3.63, 3.8) is 0 Å². The summed E-state index contributed by atoms with van der Waals surface area (Å²) in [5.74, 6) is -0.251. The van der Waals surface area contributed by atoms with Crippen LogP contribution >= 0.6 is 0 Å². The zero-order valence-corrected chi connectivity index (χ0v) is 12.1. The van der Waals surface area contributed by atoms with E-state index < -0.39 is 0 Å². The first kappa shape index (κ1) is 16.4. The van der Waals surface area contributed by atoms with Crippen LogP contribution in [-0.2, 0) is 19.0 Å². The summed E-state index contributed by atoms with van der Waals surface area (Å²) < 4.78 is 15.7. The van der Waals surface area contributed by atoms with Crippen molar-refractivity contribution in [2.24, 2.45) is 0 Å². The molecule has 5 nitrogen and oxygen atoms in total.